The predicted octanol–water partition coefficient (Wildman–Crippen LogP) is 3.85. The number of unbranched alkanes of at least 4 members (excludes halogenated alkanes) is 2. The van der Waals surface area contributed by atoms with Crippen LogP contribution >= 0.6 is 15.9 Å². The number of aliphatic hydroxyl groups is 1. The molecule has 3 rings (SSSR count). The number of allylic oxidation sites excluding steroid dienone is 1. The molecule has 3 aliphatic rings. The summed E-state index contributed by atoms with van der Waals surface area (Å²) in [7, 11) is 0. The molecule has 214 valence electrons. The minimum absolute atomic E-state index is 0.0656. The number of fused-ring (bicyclic) bond motifs is 1. The van der Waals surface area contributed by atoms with E-state index in [9.17, 15) is 19.5 Å². The number of rotatable bonds is 13. The van der Waals surface area contributed by atoms with Gasteiger partial charge >= 0.3 is 5.97 Å². The SMILES string of the molecule is C=CCCCCOC(=O)[C@H]1[C@@H]2OC3(CC2Br)C(C(=O)N(CC=C)C(C)(C)C)N([C@@H](CO)[C@@H](C)CC)C(=O)[C@H]13. The van der Waals surface area contributed by atoms with Crippen LogP contribution in [0.25, 0.3) is 0 Å². The Hall–Kier alpha value is -1.71. The molecule has 38 heavy (non-hydrogen) atoms. The van der Waals surface area contributed by atoms with Gasteiger partial charge in [-0.2, -0.15) is 0 Å². The third kappa shape index (κ3) is 5.35. The van der Waals surface area contributed by atoms with Crippen LogP contribution in [0, 0.1) is 17.8 Å². The van der Waals surface area contributed by atoms with Crippen molar-refractivity contribution in [3.05, 3.63) is 25.3 Å². The second-order valence-corrected chi connectivity index (χ2v) is 13.1. The zero-order valence-electron chi connectivity index (χ0n) is 23.5. The van der Waals surface area contributed by atoms with Gasteiger partial charge in [0.05, 0.1) is 37.2 Å². The number of ether oxygens (including phenoxy) is 2. The molecule has 8 atom stereocenters. The van der Waals surface area contributed by atoms with Crippen molar-refractivity contribution in [1.82, 2.24) is 9.80 Å². The lowest BCUT2D eigenvalue weighted by Gasteiger charge is -2.44. The topological polar surface area (TPSA) is 96.4 Å². The zero-order valence-corrected chi connectivity index (χ0v) is 25.1. The van der Waals surface area contributed by atoms with Gasteiger partial charge in [0.15, 0.2) is 0 Å². The number of aliphatic hydroxyl groups excluding tert-OH is 1. The number of hydrogen-bond acceptors (Lipinski definition) is 6. The maximum Gasteiger partial charge on any atom is 0.312 e. The van der Waals surface area contributed by atoms with Crippen molar-refractivity contribution in [3.8, 4) is 0 Å². The Bertz CT molecular complexity index is 919. The van der Waals surface area contributed by atoms with E-state index < -0.39 is 47.1 Å². The molecular formula is C29H45BrN2O6. The van der Waals surface area contributed by atoms with Crippen molar-refractivity contribution in [2.24, 2.45) is 17.8 Å². The summed E-state index contributed by atoms with van der Waals surface area (Å²) in [6.45, 7) is 17.6. The molecule has 0 aromatic rings. The highest BCUT2D eigenvalue weighted by molar-refractivity contribution is 9.09. The van der Waals surface area contributed by atoms with Crippen molar-refractivity contribution >= 4 is 33.7 Å². The van der Waals surface area contributed by atoms with E-state index in [2.05, 4.69) is 29.1 Å². The van der Waals surface area contributed by atoms with Crippen molar-refractivity contribution in [3.63, 3.8) is 0 Å². The van der Waals surface area contributed by atoms with Crippen molar-refractivity contribution in [1.29, 1.82) is 0 Å². The third-order valence-corrected chi connectivity index (χ3v) is 9.36. The van der Waals surface area contributed by atoms with Crippen molar-refractivity contribution < 1.29 is 29.0 Å². The summed E-state index contributed by atoms with van der Waals surface area (Å²) in [6, 6.07) is -1.56. The molecule has 3 heterocycles. The van der Waals surface area contributed by atoms with Gasteiger partial charge in [-0.15, -0.1) is 13.2 Å². The smallest absolute Gasteiger partial charge is 0.312 e. The number of amides is 2. The fourth-order valence-electron chi connectivity index (χ4n) is 6.42. The Balaban J connectivity index is 2.06. The monoisotopic (exact) mass is 596 g/mol. The van der Waals surface area contributed by atoms with Crippen molar-refractivity contribution in [2.75, 3.05) is 19.8 Å². The number of carbonyl (C=O) groups is 3. The van der Waals surface area contributed by atoms with E-state index in [0.717, 1.165) is 12.8 Å². The largest absolute Gasteiger partial charge is 0.465 e. The van der Waals surface area contributed by atoms with E-state index in [1.807, 2.05) is 40.7 Å². The first-order valence-electron chi connectivity index (χ1n) is 13.9. The summed E-state index contributed by atoms with van der Waals surface area (Å²) >= 11 is 3.69. The number of esters is 1. The quantitative estimate of drug-likeness (QED) is 0.150. The number of halogens is 1. The normalized spacial score (nSPS) is 31.6. The Morgan fingerprint density at radius 3 is 2.55 bits per heavy atom. The van der Waals surface area contributed by atoms with Crippen LogP contribution in [-0.4, -0.2) is 86.6 Å². The second kappa shape index (κ2) is 12.2. The molecule has 0 aromatic heterocycles. The van der Waals surface area contributed by atoms with E-state index in [0.29, 0.717) is 25.8 Å². The first-order valence-corrected chi connectivity index (χ1v) is 14.8. The first kappa shape index (κ1) is 30.8. The maximum atomic E-state index is 14.4. The number of nitrogens with zero attached hydrogens (tertiary/aromatic N) is 2. The van der Waals surface area contributed by atoms with Gasteiger partial charge in [-0.25, -0.2) is 0 Å². The number of likely N-dealkylation sites (tertiary alicyclic amines) is 1. The molecule has 3 unspecified atom stereocenters. The highest BCUT2D eigenvalue weighted by Crippen LogP contribution is 2.61. The molecule has 9 heteroatoms. The minimum Gasteiger partial charge on any atom is -0.465 e. The maximum absolute atomic E-state index is 14.4. The molecule has 1 N–H and O–H groups in total. The molecule has 2 amide bonds. The molecule has 3 aliphatic heterocycles. The summed E-state index contributed by atoms with van der Waals surface area (Å²) in [4.78, 5) is 45.2. The van der Waals surface area contributed by atoms with Crippen LogP contribution in [0.4, 0.5) is 0 Å². The van der Waals surface area contributed by atoms with Crippen LogP contribution in [0.3, 0.4) is 0 Å². The summed E-state index contributed by atoms with van der Waals surface area (Å²) in [5.41, 5.74) is -1.74. The van der Waals surface area contributed by atoms with E-state index in [-0.39, 0.29) is 35.8 Å². The lowest BCUT2D eigenvalue weighted by Crippen LogP contribution is -2.62. The van der Waals surface area contributed by atoms with Gasteiger partial charge in [0.1, 0.15) is 11.6 Å². The van der Waals surface area contributed by atoms with Gasteiger partial charge in [0.25, 0.3) is 0 Å². The highest BCUT2D eigenvalue weighted by atomic mass is 79.9. The van der Waals surface area contributed by atoms with Gasteiger partial charge in [0, 0.05) is 16.9 Å². The van der Waals surface area contributed by atoms with E-state index in [1.165, 1.54) is 0 Å². The number of alkyl halides is 1. The van der Waals surface area contributed by atoms with Gasteiger partial charge in [-0.05, 0) is 52.4 Å². The zero-order chi connectivity index (χ0) is 28.4. The lowest BCUT2D eigenvalue weighted by molar-refractivity contribution is -0.158. The first-order chi connectivity index (χ1) is 17.9. The van der Waals surface area contributed by atoms with E-state index in [1.54, 1.807) is 15.9 Å². The summed E-state index contributed by atoms with van der Waals surface area (Å²) in [5.74, 6) is -2.77. The Kier molecular flexibility index (Phi) is 9.91. The number of hydrogen-bond donors (Lipinski definition) is 1. The fourth-order valence-corrected chi connectivity index (χ4v) is 7.36. The van der Waals surface area contributed by atoms with Crippen LogP contribution in [-0.2, 0) is 23.9 Å². The van der Waals surface area contributed by atoms with Gasteiger partial charge in [-0.1, -0.05) is 48.4 Å². The van der Waals surface area contributed by atoms with E-state index in [4.69, 9.17) is 9.47 Å². The Labute approximate surface area is 235 Å². The molecule has 0 radical (unpaired) electrons. The number of carbonyl (C=O) groups excluding carboxylic acids is 3. The van der Waals surface area contributed by atoms with Crippen molar-refractivity contribution in [2.45, 2.75) is 101 Å². The van der Waals surface area contributed by atoms with Crippen LogP contribution in [0.2, 0.25) is 0 Å². The second-order valence-electron chi connectivity index (χ2n) is 11.9. The minimum atomic E-state index is -1.19. The van der Waals surface area contributed by atoms with Gasteiger partial charge < -0.3 is 24.4 Å². The Morgan fingerprint density at radius 2 is 2.00 bits per heavy atom. The average molecular weight is 598 g/mol. The van der Waals surface area contributed by atoms with Crippen LogP contribution < -0.4 is 0 Å². The molecule has 0 saturated carbocycles. The standard InChI is InChI=1S/C29H45BrN2O6/c1-8-11-12-13-15-37-27(36)21-22-25(34)32(20(17-33)18(4)10-3)24(29(22)16-19(30)23(21)38-29)26(35)31(14-9-2)28(5,6)7/h8-9,18-24,33H,1-2,10-17H2,3-7H3/t18-,19?,20-,21+,22-,23+,24?,29?/m0/s1. The van der Waals surface area contributed by atoms with Gasteiger partial charge in [0.2, 0.25) is 11.8 Å². The average Bonchev–Trinajstić information content (AvgIpc) is 3.45. The highest BCUT2D eigenvalue weighted by Gasteiger charge is 2.77. The van der Waals surface area contributed by atoms with E-state index >= 15 is 0 Å². The molecule has 3 saturated heterocycles. The van der Waals surface area contributed by atoms with Gasteiger partial charge in [-0.3, -0.25) is 14.4 Å². The summed E-state index contributed by atoms with van der Waals surface area (Å²) in [5, 5.41) is 10.5. The molecule has 8 nitrogen and oxygen atoms in total. The van der Waals surface area contributed by atoms with Crippen LogP contribution in [0.5, 0.6) is 0 Å². The molecule has 1 spiro atoms. The molecule has 0 aliphatic carbocycles. The summed E-state index contributed by atoms with van der Waals surface area (Å²) < 4.78 is 12.2. The fraction of sp³-hybridized carbons (Fsp3) is 0.759. The predicted molar refractivity (Wildman–Crippen MR) is 150 cm³/mol. The third-order valence-electron chi connectivity index (χ3n) is 8.51. The van der Waals surface area contributed by atoms with Crippen LogP contribution in [0.15, 0.2) is 25.3 Å². The molecule has 0 aromatic carbocycles. The lowest BCUT2D eigenvalue weighted by atomic mass is 9.70. The van der Waals surface area contributed by atoms with Crippen LogP contribution in [0.1, 0.15) is 66.7 Å². The summed E-state index contributed by atoms with van der Waals surface area (Å²) in [6.07, 6.45) is 6.46. The Morgan fingerprint density at radius 1 is 1.32 bits per heavy atom. The molecule has 3 fully saturated rings. The molecular weight excluding hydrogens is 552 g/mol. The molecule has 2 bridgehead atoms.